The third-order valence-electron chi connectivity index (χ3n) is 9.20. The normalized spacial score (nSPS) is 17.9. The van der Waals surface area contributed by atoms with Crippen molar-refractivity contribution in [1.29, 1.82) is 0 Å². The van der Waals surface area contributed by atoms with E-state index < -0.39 is 32.5 Å². The number of esters is 2. The Labute approximate surface area is 370 Å². The maximum Gasteiger partial charge on any atom is 0.472 e. The number of rotatable bonds is 38. The molecule has 1 heterocycles. The zero-order valence-corrected chi connectivity index (χ0v) is 39.2. The molecule has 1 aliphatic rings. The largest absolute Gasteiger partial charge is 0.472 e. The van der Waals surface area contributed by atoms with Crippen LogP contribution in [-0.4, -0.2) is 87.1 Å². The number of hydrogen-bond donors (Lipinski definition) is 1. The molecule has 0 aromatic carbocycles. The summed E-state index contributed by atoms with van der Waals surface area (Å²) in [6.07, 6.45) is 53.3. The van der Waals surface area contributed by atoms with E-state index in [1.807, 2.05) is 33.3 Å². The summed E-state index contributed by atoms with van der Waals surface area (Å²) in [7, 11) is 1.37. The van der Waals surface area contributed by atoms with E-state index in [4.69, 9.17) is 23.3 Å². The van der Waals surface area contributed by atoms with Gasteiger partial charge in [0.15, 0.2) is 6.10 Å². The highest BCUT2D eigenvalue weighted by Crippen LogP contribution is 2.43. The highest BCUT2D eigenvalue weighted by Gasteiger charge is 2.36. The van der Waals surface area contributed by atoms with E-state index in [0.717, 1.165) is 64.2 Å². The summed E-state index contributed by atoms with van der Waals surface area (Å²) in [5.74, 6) is -0.983. The molecule has 3 unspecified atom stereocenters. The zero-order valence-electron chi connectivity index (χ0n) is 38.3. The standard InChI is InChI=1S/C50H80NO9P/c1-6-8-10-12-14-16-17-18-19-20-21-22-23-24-25-27-29-31-37-41-50(53)59-46(45-58-61(54,55)57-43-42-51(3,4)5)44-56-49(52)40-36-33-32-35-39-48-47(60-48)38-34-30-28-26-15-13-11-9-7-2/h8,10,14-16,18-19,21-22,24-26,29-32,34-35,46-48H,6-7,9,11-13,17,20,23,27-28,33,36-45H2,1-5H3/p+1/b10-8-,16-14-,19-18-,22-21-,25-24-,26-15-,31-29-,34-30-,35-32-/t46-,47?,48?/m1/s1. The fraction of sp³-hybridized carbons (Fsp3) is 0.600. The lowest BCUT2D eigenvalue weighted by atomic mass is 10.1. The molecule has 1 saturated heterocycles. The number of quaternary nitrogens is 1. The first kappa shape index (κ1) is 55.6. The van der Waals surface area contributed by atoms with Crippen molar-refractivity contribution in [3.63, 3.8) is 0 Å². The summed E-state index contributed by atoms with van der Waals surface area (Å²) in [5, 5.41) is 0. The fourth-order valence-corrected chi connectivity index (χ4v) is 6.28. The maximum atomic E-state index is 12.7. The fourth-order valence-electron chi connectivity index (χ4n) is 5.54. The topological polar surface area (TPSA) is 121 Å². The van der Waals surface area contributed by atoms with Gasteiger partial charge in [-0.05, 0) is 89.9 Å². The highest BCUT2D eigenvalue weighted by molar-refractivity contribution is 7.47. The number of epoxide rings is 1. The van der Waals surface area contributed by atoms with Crippen molar-refractivity contribution in [2.24, 2.45) is 0 Å². The quantitative estimate of drug-likeness (QED) is 0.0161. The molecule has 1 fully saturated rings. The van der Waals surface area contributed by atoms with Crippen LogP contribution in [0, 0.1) is 0 Å². The summed E-state index contributed by atoms with van der Waals surface area (Å²) in [6, 6.07) is 0. The van der Waals surface area contributed by atoms with Crippen LogP contribution in [0.15, 0.2) is 109 Å². The number of carbonyl (C=O) groups excluding carboxylic acids is 2. The van der Waals surface area contributed by atoms with Crippen molar-refractivity contribution in [3.05, 3.63) is 109 Å². The maximum absolute atomic E-state index is 12.7. The van der Waals surface area contributed by atoms with Gasteiger partial charge in [0.2, 0.25) is 0 Å². The number of nitrogens with zero attached hydrogens (tertiary/aromatic N) is 1. The average Bonchev–Trinajstić information content (AvgIpc) is 3.97. The van der Waals surface area contributed by atoms with Gasteiger partial charge in [-0.1, -0.05) is 136 Å². The number of hydrogen-bond acceptors (Lipinski definition) is 8. The van der Waals surface area contributed by atoms with E-state index in [1.54, 1.807) is 0 Å². The minimum absolute atomic E-state index is 0.0000894. The van der Waals surface area contributed by atoms with Crippen molar-refractivity contribution < 1.29 is 46.8 Å². The molecule has 61 heavy (non-hydrogen) atoms. The van der Waals surface area contributed by atoms with Gasteiger partial charge in [0.25, 0.3) is 0 Å². The van der Waals surface area contributed by atoms with Gasteiger partial charge in [0.05, 0.1) is 40.0 Å². The lowest BCUT2D eigenvalue weighted by Crippen LogP contribution is -2.37. The first-order valence-corrected chi connectivity index (χ1v) is 24.2. The van der Waals surface area contributed by atoms with E-state index in [9.17, 15) is 19.0 Å². The molecule has 344 valence electrons. The van der Waals surface area contributed by atoms with Gasteiger partial charge in [-0.15, -0.1) is 0 Å². The van der Waals surface area contributed by atoms with Gasteiger partial charge in [-0.2, -0.15) is 0 Å². The van der Waals surface area contributed by atoms with Crippen LogP contribution in [0.25, 0.3) is 0 Å². The summed E-state index contributed by atoms with van der Waals surface area (Å²) in [4.78, 5) is 35.4. The first-order chi connectivity index (χ1) is 29.5. The number of phosphoric acid groups is 1. The predicted octanol–water partition coefficient (Wildman–Crippen LogP) is 12.1. The second-order valence-corrected chi connectivity index (χ2v) is 17.5. The molecule has 4 atom stereocenters. The SMILES string of the molecule is CC/C=C\C/C=C\C/C=C\C/C=C\C/C=C\C/C=C\CCC(=O)O[C@H](COC(=O)CCC/C=C\CC1OC1C/C=C\C/C=C\CCCCC)COP(=O)(O)OCC[N+](C)(C)C. The molecule has 0 aromatic heterocycles. The molecule has 0 bridgehead atoms. The van der Waals surface area contributed by atoms with Gasteiger partial charge in [0, 0.05) is 12.8 Å². The van der Waals surface area contributed by atoms with Crippen molar-refractivity contribution in [2.45, 2.75) is 148 Å². The first-order valence-electron chi connectivity index (χ1n) is 22.7. The number of carbonyl (C=O) groups is 2. The molecule has 10 nitrogen and oxygen atoms in total. The summed E-state index contributed by atoms with van der Waals surface area (Å²) in [5.41, 5.74) is 0. The van der Waals surface area contributed by atoms with Crippen LogP contribution >= 0.6 is 7.82 Å². The number of ether oxygens (including phenoxy) is 3. The summed E-state index contributed by atoms with van der Waals surface area (Å²) >= 11 is 0. The van der Waals surface area contributed by atoms with Gasteiger partial charge < -0.3 is 23.6 Å². The minimum Gasteiger partial charge on any atom is -0.462 e. The molecule has 0 aliphatic carbocycles. The lowest BCUT2D eigenvalue weighted by Gasteiger charge is -2.24. The predicted molar refractivity (Wildman–Crippen MR) is 251 cm³/mol. The Morgan fingerprint density at radius 1 is 0.607 bits per heavy atom. The molecule has 0 amide bonds. The molecule has 1 N–H and O–H groups in total. The molecule has 11 heteroatoms. The van der Waals surface area contributed by atoms with Gasteiger partial charge >= 0.3 is 19.8 Å². The second kappa shape index (κ2) is 37.2. The van der Waals surface area contributed by atoms with Crippen LogP contribution in [0.1, 0.15) is 129 Å². The smallest absolute Gasteiger partial charge is 0.462 e. The Kier molecular flexibility index (Phi) is 33.9. The Morgan fingerprint density at radius 3 is 1.66 bits per heavy atom. The van der Waals surface area contributed by atoms with Crippen LogP contribution in [0.4, 0.5) is 0 Å². The molecule has 0 spiro atoms. The van der Waals surface area contributed by atoms with Crippen molar-refractivity contribution in [2.75, 3.05) is 47.5 Å². The Balaban J connectivity index is 2.39. The van der Waals surface area contributed by atoms with Crippen molar-refractivity contribution >= 4 is 19.8 Å². The lowest BCUT2D eigenvalue weighted by molar-refractivity contribution is -0.870. The third kappa shape index (κ3) is 38.1. The number of likely N-dealkylation sites (N-methyl/N-ethyl adjacent to an activating group) is 1. The van der Waals surface area contributed by atoms with Crippen LogP contribution in [-0.2, 0) is 37.4 Å². The minimum atomic E-state index is -4.42. The Morgan fingerprint density at radius 2 is 1.10 bits per heavy atom. The van der Waals surface area contributed by atoms with Crippen LogP contribution < -0.4 is 0 Å². The molecule has 1 rings (SSSR count). The van der Waals surface area contributed by atoms with Gasteiger partial charge in [-0.25, -0.2) is 4.57 Å². The van der Waals surface area contributed by atoms with E-state index in [1.165, 1.54) is 19.3 Å². The van der Waals surface area contributed by atoms with E-state index in [0.29, 0.717) is 30.3 Å². The monoisotopic (exact) mass is 871 g/mol. The Bertz CT molecular complexity index is 1470. The second-order valence-electron chi connectivity index (χ2n) is 16.1. The van der Waals surface area contributed by atoms with Gasteiger partial charge in [0.1, 0.15) is 19.8 Å². The zero-order chi connectivity index (χ0) is 44.7. The number of phosphoric ester groups is 1. The highest BCUT2D eigenvalue weighted by atomic mass is 31.2. The summed E-state index contributed by atoms with van der Waals surface area (Å²) < 4.78 is 40.0. The third-order valence-corrected chi connectivity index (χ3v) is 10.2. The van der Waals surface area contributed by atoms with E-state index in [-0.39, 0.29) is 38.3 Å². The molecule has 1 aliphatic heterocycles. The molecule has 0 saturated carbocycles. The summed E-state index contributed by atoms with van der Waals surface area (Å²) in [6.45, 7) is 4.08. The number of unbranched alkanes of at least 4 members (excludes halogenated alkanes) is 4. The molecular weight excluding hydrogens is 790 g/mol. The molecule has 0 aromatic rings. The van der Waals surface area contributed by atoms with Crippen LogP contribution in [0.5, 0.6) is 0 Å². The van der Waals surface area contributed by atoms with E-state index in [2.05, 4.69) is 111 Å². The van der Waals surface area contributed by atoms with Crippen molar-refractivity contribution in [3.8, 4) is 0 Å². The number of allylic oxidation sites excluding steroid dienone is 16. The van der Waals surface area contributed by atoms with Gasteiger partial charge in [-0.3, -0.25) is 18.6 Å². The van der Waals surface area contributed by atoms with Crippen LogP contribution in [0.3, 0.4) is 0 Å². The van der Waals surface area contributed by atoms with Crippen LogP contribution in [0.2, 0.25) is 0 Å². The average molecular weight is 871 g/mol. The molecular formula is C50H81NO9P+. The molecule has 0 radical (unpaired) electrons. The van der Waals surface area contributed by atoms with E-state index >= 15 is 0 Å². The van der Waals surface area contributed by atoms with Crippen molar-refractivity contribution in [1.82, 2.24) is 0 Å². The Hall–Kier alpha value is -3.37.